The first-order valence-electron chi connectivity index (χ1n) is 5.76. The zero-order valence-corrected chi connectivity index (χ0v) is 11.6. The van der Waals surface area contributed by atoms with Crippen molar-refractivity contribution in [3.05, 3.63) is 23.3 Å². The van der Waals surface area contributed by atoms with E-state index in [1.807, 2.05) is 6.07 Å². The van der Waals surface area contributed by atoms with Crippen molar-refractivity contribution in [2.45, 2.75) is 13.3 Å². The number of hydrogen-bond donors (Lipinski definition) is 2. The molecule has 0 bridgehead atoms. The van der Waals surface area contributed by atoms with E-state index < -0.39 is 0 Å². The molecule has 0 heterocycles. The summed E-state index contributed by atoms with van der Waals surface area (Å²) < 4.78 is 10.6. The second kappa shape index (κ2) is 7.45. The lowest BCUT2D eigenvalue weighted by Crippen LogP contribution is -2.19. The van der Waals surface area contributed by atoms with Crippen molar-refractivity contribution >= 4 is 12.6 Å². The molecule has 1 N–H and O–H groups in total. The summed E-state index contributed by atoms with van der Waals surface area (Å²) in [5.41, 5.74) is 2.52. The van der Waals surface area contributed by atoms with Gasteiger partial charge in [0.05, 0.1) is 14.2 Å². The van der Waals surface area contributed by atoms with Crippen LogP contribution in [0, 0.1) is 6.92 Å². The van der Waals surface area contributed by atoms with Gasteiger partial charge >= 0.3 is 0 Å². The average Bonchev–Trinajstić information content (AvgIpc) is 2.35. The maximum atomic E-state index is 5.30. The van der Waals surface area contributed by atoms with Crippen molar-refractivity contribution in [3.63, 3.8) is 0 Å². The van der Waals surface area contributed by atoms with Gasteiger partial charge in [-0.15, -0.1) is 0 Å². The van der Waals surface area contributed by atoms with Crippen LogP contribution in [0.4, 0.5) is 0 Å². The number of ether oxygens (including phenoxy) is 2. The van der Waals surface area contributed by atoms with Crippen LogP contribution >= 0.6 is 12.6 Å². The van der Waals surface area contributed by atoms with Crippen LogP contribution in [-0.4, -0.2) is 33.1 Å². The van der Waals surface area contributed by atoms with Crippen LogP contribution in [0.5, 0.6) is 11.5 Å². The Bertz CT molecular complexity index is 356. The standard InChI is InChI=1S/C13H21NO2S/c1-10-8-12(15-2)13(16-3)9-11(10)4-5-14-6-7-17/h8-9,14,17H,4-7H2,1-3H3. The van der Waals surface area contributed by atoms with Gasteiger partial charge in [0, 0.05) is 12.3 Å². The Morgan fingerprint density at radius 3 is 2.35 bits per heavy atom. The van der Waals surface area contributed by atoms with Crippen molar-refractivity contribution in [1.29, 1.82) is 0 Å². The van der Waals surface area contributed by atoms with E-state index in [2.05, 4.69) is 30.9 Å². The zero-order valence-electron chi connectivity index (χ0n) is 10.7. The Kier molecular flexibility index (Phi) is 6.22. The Morgan fingerprint density at radius 2 is 1.76 bits per heavy atom. The van der Waals surface area contributed by atoms with E-state index in [0.717, 1.165) is 36.8 Å². The summed E-state index contributed by atoms with van der Waals surface area (Å²) in [5.74, 6) is 2.45. The summed E-state index contributed by atoms with van der Waals surface area (Å²) in [6.07, 6.45) is 0.986. The predicted octanol–water partition coefficient (Wildman–Crippen LogP) is 2.07. The van der Waals surface area contributed by atoms with Gasteiger partial charge in [-0.3, -0.25) is 0 Å². The van der Waals surface area contributed by atoms with E-state index in [4.69, 9.17) is 9.47 Å². The molecule has 0 saturated heterocycles. The number of rotatable bonds is 7. The van der Waals surface area contributed by atoms with E-state index >= 15 is 0 Å². The lowest BCUT2D eigenvalue weighted by molar-refractivity contribution is 0.354. The van der Waals surface area contributed by atoms with Crippen LogP contribution in [0.1, 0.15) is 11.1 Å². The van der Waals surface area contributed by atoms with Crippen LogP contribution < -0.4 is 14.8 Å². The Balaban J connectivity index is 2.71. The fraction of sp³-hybridized carbons (Fsp3) is 0.538. The minimum atomic E-state index is 0.789. The summed E-state index contributed by atoms with van der Waals surface area (Å²) in [7, 11) is 3.32. The molecule has 0 atom stereocenters. The van der Waals surface area contributed by atoms with Crippen molar-refractivity contribution in [3.8, 4) is 11.5 Å². The quantitative estimate of drug-likeness (QED) is 0.577. The lowest BCUT2D eigenvalue weighted by atomic mass is 10.0. The molecule has 0 aliphatic carbocycles. The van der Waals surface area contributed by atoms with Crippen LogP contribution in [0.15, 0.2) is 12.1 Å². The van der Waals surface area contributed by atoms with Crippen LogP contribution in [-0.2, 0) is 6.42 Å². The molecular formula is C13H21NO2S. The highest BCUT2D eigenvalue weighted by atomic mass is 32.1. The summed E-state index contributed by atoms with van der Waals surface area (Å²) in [6.45, 7) is 3.99. The minimum absolute atomic E-state index is 0.789. The van der Waals surface area contributed by atoms with Gasteiger partial charge in [-0.2, -0.15) is 12.6 Å². The summed E-state index contributed by atoms with van der Waals surface area (Å²) in [6, 6.07) is 4.07. The molecular weight excluding hydrogens is 234 g/mol. The SMILES string of the molecule is COc1cc(C)c(CCNCCS)cc1OC. The average molecular weight is 255 g/mol. The normalized spacial score (nSPS) is 10.4. The third-order valence-electron chi connectivity index (χ3n) is 2.70. The van der Waals surface area contributed by atoms with Crippen molar-refractivity contribution in [2.24, 2.45) is 0 Å². The number of hydrogen-bond acceptors (Lipinski definition) is 4. The number of thiol groups is 1. The third-order valence-corrected chi connectivity index (χ3v) is 2.93. The predicted molar refractivity (Wildman–Crippen MR) is 74.7 cm³/mol. The number of aryl methyl sites for hydroxylation is 1. The molecule has 4 heteroatoms. The van der Waals surface area contributed by atoms with Crippen molar-refractivity contribution < 1.29 is 9.47 Å². The van der Waals surface area contributed by atoms with E-state index in [0.29, 0.717) is 0 Å². The van der Waals surface area contributed by atoms with Crippen LogP contribution in [0.3, 0.4) is 0 Å². The molecule has 3 nitrogen and oxygen atoms in total. The largest absolute Gasteiger partial charge is 0.493 e. The van der Waals surface area contributed by atoms with Gasteiger partial charge in [-0.1, -0.05) is 0 Å². The van der Waals surface area contributed by atoms with Gasteiger partial charge in [0.15, 0.2) is 11.5 Å². The molecule has 1 aromatic carbocycles. The molecule has 0 amide bonds. The summed E-state index contributed by atoms with van der Waals surface area (Å²) in [4.78, 5) is 0. The van der Waals surface area contributed by atoms with E-state index in [-0.39, 0.29) is 0 Å². The highest BCUT2D eigenvalue weighted by molar-refractivity contribution is 7.80. The fourth-order valence-corrected chi connectivity index (χ4v) is 1.88. The highest BCUT2D eigenvalue weighted by Crippen LogP contribution is 2.30. The van der Waals surface area contributed by atoms with Crippen molar-refractivity contribution in [2.75, 3.05) is 33.1 Å². The van der Waals surface area contributed by atoms with Crippen LogP contribution in [0.2, 0.25) is 0 Å². The van der Waals surface area contributed by atoms with Gasteiger partial charge in [-0.05, 0) is 43.1 Å². The van der Waals surface area contributed by atoms with Gasteiger partial charge in [-0.25, -0.2) is 0 Å². The molecule has 1 aromatic rings. The summed E-state index contributed by atoms with van der Waals surface area (Å²) in [5, 5.41) is 3.33. The van der Waals surface area contributed by atoms with Crippen LogP contribution in [0.25, 0.3) is 0 Å². The van der Waals surface area contributed by atoms with Crippen molar-refractivity contribution in [1.82, 2.24) is 5.32 Å². The summed E-state index contributed by atoms with van der Waals surface area (Å²) >= 11 is 4.16. The van der Waals surface area contributed by atoms with Gasteiger partial charge in [0.25, 0.3) is 0 Å². The number of methoxy groups -OCH3 is 2. The minimum Gasteiger partial charge on any atom is -0.493 e. The highest BCUT2D eigenvalue weighted by Gasteiger charge is 2.07. The Labute approximate surface area is 109 Å². The molecule has 0 unspecified atom stereocenters. The van der Waals surface area contributed by atoms with E-state index in [1.54, 1.807) is 14.2 Å². The van der Waals surface area contributed by atoms with E-state index in [1.165, 1.54) is 11.1 Å². The molecule has 0 aromatic heterocycles. The third kappa shape index (κ3) is 4.13. The maximum absolute atomic E-state index is 5.30. The fourth-order valence-electron chi connectivity index (χ4n) is 1.72. The van der Waals surface area contributed by atoms with Gasteiger partial charge < -0.3 is 14.8 Å². The monoisotopic (exact) mass is 255 g/mol. The first kappa shape index (κ1) is 14.2. The van der Waals surface area contributed by atoms with Gasteiger partial charge in [0.2, 0.25) is 0 Å². The molecule has 1 rings (SSSR count). The molecule has 96 valence electrons. The Hall–Kier alpha value is -0.870. The molecule has 0 aliphatic rings. The van der Waals surface area contributed by atoms with Gasteiger partial charge in [0.1, 0.15) is 0 Å². The molecule has 0 fully saturated rings. The first-order valence-corrected chi connectivity index (χ1v) is 6.39. The maximum Gasteiger partial charge on any atom is 0.161 e. The zero-order chi connectivity index (χ0) is 12.7. The number of benzene rings is 1. The number of nitrogens with one attached hydrogen (secondary N) is 1. The Morgan fingerprint density at radius 1 is 1.12 bits per heavy atom. The molecule has 0 saturated carbocycles. The molecule has 17 heavy (non-hydrogen) atoms. The smallest absolute Gasteiger partial charge is 0.161 e. The lowest BCUT2D eigenvalue weighted by Gasteiger charge is -2.13. The topological polar surface area (TPSA) is 30.5 Å². The second-order valence-corrected chi connectivity index (χ2v) is 4.30. The first-order chi connectivity index (χ1) is 8.22. The van der Waals surface area contributed by atoms with E-state index in [9.17, 15) is 0 Å². The molecule has 0 spiro atoms. The second-order valence-electron chi connectivity index (χ2n) is 3.86. The molecule has 0 radical (unpaired) electrons. The molecule has 0 aliphatic heterocycles.